The van der Waals surface area contributed by atoms with E-state index in [9.17, 15) is 0 Å². The van der Waals surface area contributed by atoms with E-state index in [1.54, 1.807) is 0 Å². The summed E-state index contributed by atoms with van der Waals surface area (Å²) in [6, 6.07) is 46.4. The predicted octanol–water partition coefficient (Wildman–Crippen LogP) is 10.7. The van der Waals surface area contributed by atoms with Crippen molar-refractivity contribution in [2.45, 2.75) is 13.0 Å². The van der Waals surface area contributed by atoms with Crippen molar-refractivity contribution < 1.29 is 4.42 Å². The van der Waals surface area contributed by atoms with Crippen molar-refractivity contribution in [2.24, 2.45) is 0 Å². The molecule has 5 heterocycles. The molecule has 0 fully saturated rings. The number of aromatic nitrogens is 2. The van der Waals surface area contributed by atoms with Gasteiger partial charge in [-0.05, 0) is 67.1 Å². The van der Waals surface area contributed by atoms with Gasteiger partial charge in [-0.15, -0.1) is 0 Å². The Balaban J connectivity index is 1.20. The Morgan fingerprint density at radius 3 is 1.98 bits per heavy atom. The van der Waals surface area contributed by atoms with Crippen molar-refractivity contribution in [3.8, 4) is 16.8 Å². The average molecular weight is 645 g/mol. The fourth-order valence-electron chi connectivity index (χ4n) is 8.33. The van der Waals surface area contributed by atoms with Crippen LogP contribution in [-0.2, 0) is 0 Å². The number of nitrogens with zero attached hydrogens (tertiary/aromatic N) is 2. The largest absolute Gasteiger partial charge is 0.456 e. The van der Waals surface area contributed by atoms with Crippen LogP contribution < -0.4 is 10.6 Å². The Bertz CT molecular complexity index is 2930. The second-order valence-electron chi connectivity index (χ2n) is 13.5. The van der Waals surface area contributed by atoms with Gasteiger partial charge < -0.3 is 24.2 Å². The molecule has 0 saturated heterocycles. The number of furan rings is 1. The zero-order chi connectivity index (χ0) is 32.9. The number of nitrogens with one attached hydrogen (secondary N) is 2. The molecule has 2 N–H and O–H groups in total. The van der Waals surface area contributed by atoms with Gasteiger partial charge in [-0.3, -0.25) is 0 Å². The van der Waals surface area contributed by atoms with Gasteiger partial charge in [-0.25, -0.2) is 0 Å². The molecule has 0 spiro atoms. The van der Waals surface area contributed by atoms with Crippen LogP contribution in [0.4, 0.5) is 0 Å². The van der Waals surface area contributed by atoms with Gasteiger partial charge >= 0.3 is 0 Å². The maximum atomic E-state index is 6.51. The molecule has 5 nitrogen and oxygen atoms in total. The van der Waals surface area contributed by atoms with E-state index >= 15 is 0 Å². The van der Waals surface area contributed by atoms with Crippen molar-refractivity contribution in [2.75, 3.05) is 6.54 Å². The number of rotatable bonds is 3. The minimum absolute atomic E-state index is 0.292. The molecule has 2 aliphatic rings. The summed E-state index contributed by atoms with van der Waals surface area (Å²) in [7, 11) is 0. The number of para-hydroxylation sites is 4. The van der Waals surface area contributed by atoms with Crippen molar-refractivity contribution in [3.05, 3.63) is 157 Å². The second kappa shape index (κ2) is 10.3. The van der Waals surface area contributed by atoms with E-state index in [0.717, 1.165) is 56.7 Å². The van der Waals surface area contributed by atoms with Crippen LogP contribution in [0.5, 0.6) is 0 Å². The summed E-state index contributed by atoms with van der Waals surface area (Å²) < 4.78 is 11.3. The summed E-state index contributed by atoms with van der Waals surface area (Å²) in [5.41, 5.74) is 13.5. The third-order valence-corrected chi connectivity index (χ3v) is 10.6. The van der Waals surface area contributed by atoms with E-state index in [-0.39, 0.29) is 0 Å². The van der Waals surface area contributed by atoms with E-state index in [1.807, 2.05) is 6.07 Å². The lowest BCUT2D eigenvalue weighted by Gasteiger charge is -2.27. The van der Waals surface area contributed by atoms with E-state index in [4.69, 9.17) is 4.42 Å². The molecule has 6 aromatic carbocycles. The van der Waals surface area contributed by atoms with Gasteiger partial charge in [0.05, 0.1) is 45.7 Å². The Hall–Kier alpha value is -6.46. The molecule has 0 amide bonds. The van der Waals surface area contributed by atoms with E-state index < -0.39 is 0 Å². The molecule has 0 saturated carbocycles. The number of hydrogen-bond donors (Lipinski definition) is 2. The van der Waals surface area contributed by atoms with Crippen LogP contribution >= 0.6 is 0 Å². The minimum atomic E-state index is 0.292. The molecular formula is C45H32N4O. The molecule has 238 valence electrons. The summed E-state index contributed by atoms with van der Waals surface area (Å²) in [6.45, 7) is 2.93. The smallest absolute Gasteiger partial charge is 0.137 e. The first kappa shape index (κ1) is 27.5. The van der Waals surface area contributed by atoms with E-state index in [2.05, 4.69) is 166 Å². The van der Waals surface area contributed by atoms with Gasteiger partial charge in [-0.1, -0.05) is 84.9 Å². The van der Waals surface area contributed by atoms with Crippen LogP contribution in [0.15, 0.2) is 161 Å². The molecular weight excluding hydrogens is 613 g/mol. The topological polar surface area (TPSA) is 47.1 Å². The maximum Gasteiger partial charge on any atom is 0.137 e. The molecule has 3 aromatic heterocycles. The lowest BCUT2D eigenvalue weighted by atomic mass is 9.98. The second-order valence-corrected chi connectivity index (χ2v) is 13.5. The Labute approximate surface area is 288 Å². The number of allylic oxidation sites excluding steroid dienone is 2. The van der Waals surface area contributed by atoms with Crippen LogP contribution in [0.3, 0.4) is 0 Å². The standard InChI is InChI=1S/C45H32N4O/c1-27-18-20-37-38(47-27)23-29(26-46-37)48-39-14-6-4-12-32(39)35-22-28(19-21-42(35)48)34-24-36-33-13-5-9-17-44(33)50-45(36)25-43(34)49-40-15-7-2-10-30(40)31-11-3-8-16-41(31)49/h2-25,27,46-47H,26H2,1H3. The van der Waals surface area contributed by atoms with Crippen molar-refractivity contribution in [1.29, 1.82) is 0 Å². The van der Waals surface area contributed by atoms with Crippen molar-refractivity contribution in [3.63, 3.8) is 0 Å². The zero-order valence-electron chi connectivity index (χ0n) is 27.4. The zero-order valence-corrected chi connectivity index (χ0v) is 27.4. The molecule has 1 atom stereocenters. The highest BCUT2D eigenvalue weighted by Crippen LogP contribution is 2.42. The van der Waals surface area contributed by atoms with Gasteiger partial charge in [0.15, 0.2) is 0 Å². The maximum absolute atomic E-state index is 6.51. The first-order valence-electron chi connectivity index (χ1n) is 17.3. The third kappa shape index (κ3) is 3.89. The van der Waals surface area contributed by atoms with Gasteiger partial charge in [-0.2, -0.15) is 0 Å². The summed E-state index contributed by atoms with van der Waals surface area (Å²) in [4.78, 5) is 0. The first-order valence-corrected chi connectivity index (χ1v) is 17.3. The van der Waals surface area contributed by atoms with Gasteiger partial charge in [0.1, 0.15) is 11.2 Å². The van der Waals surface area contributed by atoms with Crippen LogP contribution in [0.1, 0.15) is 6.92 Å². The molecule has 0 radical (unpaired) electrons. The normalized spacial score (nSPS) is 16.1. The van der Waals surface area contributed by atoms with Crippen LogP contribution in [0.25, 0.3) is 88.1 Å². The fourth-order valence-corrected chi connectivity index (χ4v) is 8.33. The molecule has 0 bridgehead atoms. The highest BCUT2D eigenvalue weighted by molar-refractivity contribution is 6.14. The average Bonchev–Trinajstić information content (AvgIpc) is 3.81. The van der Waals surface area contributed by atoms with Crippen LogP contribution in [0, 0.1) is 0 Å². The van der Waals surface area contributed by atoms with Crippen LogP contribution in [-0.4, -0.2) is 21.7 Å². The number of hydrogen-bond acceptors (Lipinski definition) is 3. The minimum Gasteiger partial charge on any atom is -0.456 e. The predicted molar refractivity (Wildman–Crippen MR) is 208 cm³/mol. The van der Waals surface area contributed by atoms with Crippen molar-refractivity contribution in [1.82, 2.24) is 19.8 Å². The van der Waals surface area contributed by atoms with Crippen molar-refractivity contribution >= 4 is 71.2 Å². The Morgan fingerprint density at radius 1 is 0.580 bits per heavy atom. The molecule has 0 aliphatic carbocycles. The quantitative estimate of drug-likeness (QED) is 0.201. The van der Waals surface area contributed by atoms with Gasteiger partial charge in [0, 0.05) is 55.7 Å². The summed E-state index contributed by atoms with van der Waals surface area (Å²) >= 11 is 0. The molecule has 2 aliphatic heterocycles. The number of dihydropyridines is 2. The lowest BCUT2D eigenvalue weighted by molar-refractivity contribution is 0.668. The molecule has 1 unspecified atom stereocenters. The number of fused-ring (bicyclic) bond motifs is 9. The summed E-state index contributed by atoms with van der Waals surface area (Å²) in [6.07, 6.45) is 6.70. The lowest BCUT2D eigenvalue weighted by Crippen LogP contribution is -2.34. The first-order chi connectivity index (χ1) is 24.7. The Morgan fingerprint density at radius 2 is 1.22 bits per heavy atom. The summed E-state index contributed by atoms with van der Waals surface area (Å²) in [5, 5.41) is 14.5. The van der Waals surface area contributed by atoms with E-state index in [1.165, 1.54) is 49.3 Å². The van der Waals surface area contributed by atoms with Gasteiger partial charge in [0.2, 0.25) is 0 Å². The van der Waals surface area contributed by atoms with Crippen LogP contribution in [0.2, 0.25) is 0 Å². The highest BCUT2D eigenvalue weighted by atomic mass is 16.3. The molecule has 11 rings (SSSR count). The van der Waals surface area contributed by atoms with E-state index in [0.29, 0.717) is 6.04 Å². The molecule has 5 heteroatoms. The molecule has 9 aromatic rings. The highest BCUT2D eigenvalue weighted by Gasteiger charge is 2.23. The Kier molecular flexibility index (Phi) is 5.65. The fraction of sp³-hybridized carbons (Fsp3) is 0.0667. The number of benzene rings is 6. The monoisotopic (exact) mass is 644 g/mol. The SMILES string of the molecule is CC1C=CC2=C(C=C(n3c4ccccc4c4cc(-c5cc6c(cc5-n5c7ccccc7c7ccccc75)oc5ccccc56)ccc43)CN2)N1. The molecule has 50 heavy (non-hydrogen) atoms. The summed E-state index contributed by atoms with van der Waals surface area (Å²) in [5.74, 6) is 0. The third-order valence-electron chi connectivity index (χ3n) is 10.6. The van der Waals surface area contributed by atoms with Gasteiger partial charge in [0.25, 0.3) is 0 Å².